The first kappa shape index (κ1) is 18.6. The lowest BCUT2D eigenvalue weighted by atomic mass is 9.97. The molecule has 5 nitrogen and oxygen atoms in total. The van der Waals surface area contributed by atoms with Crippen LogP contribution in [0.15, 0.2) is 39.5 Å². The van der Waals surface area contributed by atoms with Gasteiger partial charge in [0, 0.05) is 13.1 Å². The van der Waals surface area contributed by atoms with Gasteiger partial charge in [-0.25, -0.2) is 0 Å². The van der Waals surface area contributed by atoms with Crippen LogP contribution in [0.4, 0.5) is 0 Å². The number of hydrogen-bond acceptors (Lipinski definition) is 3. The van der Waals surface area contributed by atoms with E-state index in [0.717, 1.165) is 31.2 Å². The molecule has 2 N–H and O–H groups in total. The molecule has 1 heterocycles. The summed E-state index contributed by atoms with van der Waals surface area (Å²) in [7, 11) is 4.11. The molecule has 0 saturated carbocycles. The predicted molar refractivity (Wildman–Crippen MR) is 100 cm³/mol. The van der Waals surface area contributed by atoms with Gasteiger partial charge in [-0.05, 0) is 65.3 Å². The van der Waals surface area contributed by atoms with E-state index < -0.39 is 0 Å². The second-order valence-corrected chi connectivity index (χ2v) is 6.50. The van der Waals surface area contributed by atoms with Gasteiger partial charge in [-0.1, -0.05) is 11.6 Å². The van der Waals surface area contributed by atoms with Gasteiger partial charge in [0.1, 0.15) is 5.76 Å². The number of aliphatic imine (C=N–C) groups is 1. The van der Waals surface area contributed by atoms with Crippen LogP contribution in [-0.2, 0) is 0 Å². The Morgan fingerprint density at radius 3 is 2.83 bits per heavy atom. The summed E-state index contributed by atoms with van der Waals surface area (Å²) in [4.78, 5) is 6.88. The van der Waals surface area contributed by atoms with Crippen LogP contribution in [0.2, 0.25) is 0 Å². The molecule has 1 aromatic heterocycles. The molecule has 0 aliphatic heterocycles. The molecule has 0 bridgehead atoms. The number of rotatable bonds is 8. The van der Waals surface area contributed by atoms with E-state index >= 15 is 0 Å². The molecule has 0 fully saturated rings. The Balaban J connectivity index is 1.87. The first-order chi connectivity index (χ1) is 11.7. The predicted octanol–water partition coefficient (Wildman–Crippen LogP) is 3.33. The molecule has 0 spiro atoms. The van der Waals surface area contributed by atoms with E-state index in [9.17, 15) is 0 Å². The Bertz CT molecular complexity index is 519. The second-order valence-electron chi connectivity index (χ2n) is 6.50. The summed E-state index contributed by atoms with van der Waals surface area (Å²) in [6.07, 6.45) is 10.4. The van der Waals surface area contributed by atoms with Gasteiger partial charge in [0.05, 0.1) is 18.8 Å². The smallest absolute Gasteiger partial charge is 0.191 e. The summed E-state index contributed by atoms with van der Waals surface area (Å²) in [5.74, 6) is 1.83. The van der Waals surface area contributed by atoms with Crippen LogP contribution in [0, 0.1) is 0 Å². The number of furan rings is 1. The van der Waals surface area contributed by atoms with Crippen molar-refractivity contribution in [3.8, 4) is 0 Å². The Kier molecular flexibility index (Phi) is 7.89. The number of guanidine groups is 1. The normalized spacial score (nSPS) is 16.8. The highest BCUT2D eigenvalue weighted by molar-refractivity contribution is 5.79. The fourth-order valence-electron chi connectivity index (χ4n) is 2.98. The van der Waals surface area contributed by atoms with Crippen molar-refractivity contribution < 1.29 is 4.42 Å². The van der Waals surface area contributed by atoms with Gasteiger partial charge in [-0.2, -0.15) is 0 Å². The molecular formula is C19H32N4O. The molecule has 2 rings (SSSR count). The van der Waals surface area contributed by atoms with E-state index in [2.05, 4.69) is 42.6 Å². The first-order valence-electron chi connectivity index (χ1n) is 9.10. The largest absolute Gasteiger partial charge is 0.468 e. The van der Waals surface area contributed by atoms with Gasteiger partial charge in [0.2, 0.25) is 0 Å². The summed E-state index contributed by atoms with van der Waals surface area (Å²) in [5.41, 5.74) is 1.59. The maximum absolute atomic E-state index is 5.55. The monoisotopic (exact) mass is 332 g/mol. The lowest BCUT2D eigenvalue weighted by molar-refractivity contribution is 0.265. The minimum absolute atomic E-state index is 0.150. The number of allylic oxidation sites excluding steroid dienone is 1. The molecule has 134 valence electrons. The van der Waals surface area contributed by atoms with Crippen LogP contribution in [0.25, 0.3) is 0 Å². The number of nitrogens with zero attached hydrogens (tertiary/aromatic N) is 2. The van der Waals surface area contributed by atoms with E-state index in [1.165, 1.54) is 25.7 Å². The van der Waals surface area contributed by atoms with Gasteiger partial charge in [-0.15, -0.1) is 0 Å². The van der Waals surface area contributed by atoms with E-state index in [1.807, 2.05) is 12.1 Å². The lowest BCUT2D eigenvalue weighted by Crippen LogP contribution is -2.38. The Hall–Kier alpha value is -1.75. The van der Waals surface area contributed by atoms with Crippen molar-refractivity contribution in [1.29, 1.82) is 0 Å². The molecule has 24 heavy (non-hydrogen) atoms. The molecule has 5 heteroatoms. The molecule has 1 unspecified atom stereocenters. The van der Waals surface area contributed by atoms with Crippen molar-refractivity contribution in [2.75, 3.05) is 33.7 Å². The van der Waals surface area contributed by atoms with E-state index in [0.29, 0.717) is 6.54 Å². The Morgan fingerprint density at radius 2 is 2.21 bits per heavy atom. The summed E-state index contributed by atoms with van der Waals surface area (Å²) >= 11 is 0. The highest BCUT2D eigenvalue weighted by atomic mass is 16.3. The molecule has 0 saturated heterocycles. The minimum atomic E-state index is 0.150. The zero-order chi connectivity index (χ0) is 17.2. The van der Waals surface area contributed by atoms with Crippen molar-refractivity contribution in [3.05, 3.63) is 35.8 Å². The average Bonchev–Trinajstić information content (AvgIpc) is 3.10. The third-order valence-corrected chi connectivity index (χ3v) is 4.39. The van der Waals surface area contributed by atoms with Gasteiger partial charge < -0.3 is 15.1 Å². The zero-order valence-corrected chi connectivity index (χ0v) is 15.3. The van der Waals surface area contributed by atoms with Gasteiger partial charge >= 0.3 is 0 Å². The van der Waals surface area contributed by atoms with Gasteiger partial charge in [0.15, 0.2) is 5.96 Å². The van der Waals surface area contributed by atoms with E-state index in [-0.39, 0.29) is 6.04 Å². The minimum Gasteiger partial charge on any atom is -0.468 e. The van der Waals surface area contributed by atoms with Gasteiger partial charge in [0.25, 0.3) is 0 Å². The maximum Gasteiger partial charge on any atom is 0.191 e. The highest BCUT2D eigenvalue weighted by Crippen LogP contribution is 2.20. The van der Waals surface area contributed by atoms with Crippen molar-refractivity contribution >= 4 is 5.96 Å². The SMILES string of the molecule is CCNC(=NCC(c1ccco1)N(C)C)NCCC1=CCCCC1. The molecule has 0 aromatic carbocycles. The fourth-order valence-corrected chi connectivity index (χ4v) is 2.98. The van der Waals surface area contributed by atoms with E-state index in [1.54, 1.807) is 11.8 Å². The Morgan fingerprint density at radius 1 is 1.33 bits per heavy atom. The average molecular weight is 332 g/mol. The van der Waals surface area contributed by atoms with Crippen molar-refractivity contribution in [2.24, 2.45) is 4.99 Å². The van der Waals surface area contributed by atoms with Gasteiger partial charge in [-0.3, -0.25) is 9.89 Å². The number of likely N-dealkylation sites (N-methyl/N-ethyl adjacent to an activating group) is 1. The summed E-state index contributed by atoms with van der Waals surface area (Å²) in [6.45, 7) is 4.56. The molecular weight excluding hydrogens is 300 g/mol. The topological polar surface area (TPSA) is 52.8 Å². The lowest BCUT2D eigenvalue weighted by Gasteiger charge is -2.21. The quantitative estimate of drug-likeness (QED) is 0.435. The van der Waals surface area contributed by atoms with Crippen molar-refractivity contribution in [1.82, 2.24) is 15.5 Å². The van der Waals surface area contributed by atoms with Crippen LogP contribution < -0.4 is 10.6 Å². The second kappa shape index (κ2) is 10.2. The van der Waals surface area contributed by atoms with Crippen LogP contribution in [-0.4, -0.2) is 44.6 Å². The van der Waals surface area contributed by atoms with Crippen LogP contribution in [0.5, 0.6) is 0 Å². The summed E-state index contributed by atoms with van der Waals surface area (Å²) < 4.78 is 5.55. The third-order valence-electron chi connectivity index (χ3n) is 4.39. The third kappa shape index (κ3) is 6.04. The molecule has 0 amide bonds. The maximum atomic E-state index is 5.55. The molecule has 1 aromatic rings. The van der Waals surface area contributed by atoms with Crippen molar-refractivity contribution in [3.63, 3.8) is 0 Å². The molecule has 1 aliphatic rings. The summed E-state index contributed by atoms with van der Waals surface area (Å²) in [6, 6.07) is 4.09. The number of nitrogens with one attached hydrogen (secondary N) is 2. The summed E-state index contributed by atoms with van der Waals surface area (Å²) in [5, 5.41) is 6.79. The first-order valence-corrected chi connectivity index (χ1v) is 9.10. The highest BCUT2D eigenvalue weighted by Gasteiger charge is 2.16. The van der Waals surface area contributed by atoms with E-state index in [4.69, 9.17) is 9.41 Å². The molecule has 1 atom stereocenters. The zero-order valence-electron chi connectivity index (χ0n) is 15.3. The Labute approximate surface area is 146 Å². The van der Waals surface area contributed by atoms with Crippen LogP contribution in [0.1, 0.15) is 50.8 Å². The van der Waals surface area contributed by atoms with Crippen LogP contribution >= 0.6 is 0 Å². The molecule has 1 aliphatic carbocycles. The number of hydrogen-bond donors (Lipinski definition) is 2. The standard InChI is InChI=1S/C19H32N4O/c1-4-20-19(21-13-12-16-9-6-5-7-10-16)22-15-17(23(2)3)18-11-8-14-24-18/h8-9,11,14,17H,4-7,10,12-13,15H2,1-3H3,(H2,20,21,22). The fraction of sp³-hybridized carbons (Fsp3) is 0.632. The van der Waals surface area contributed by atoms with Crippen molar-refractivity contribution in [2.45, 2.75) is 45.1 Å². The van der Waals surface area contributed by atoms with Crippen LogP contribution in [0.3, 0.4) is 0 Å². The molecule has 0 radical (unpaired) electrons.